The number of hydrogen-bond acceptors (Lipinski definition) is 4. The Kier molecular flexibility index (Phi) is 5.38. The number of amides is 2. The summed E-state index contributed by atoms with van der Waals surface area (Å²) in [6.45, 7) is 4.61. The average molecular weight is 443 g/mol. The Morgan fingerprint density at radius 3 is 2.52 bits per heavy atom. The number of benzene rings is 2. The van der Waals surface area contributed by atoms with Gasteiger partial charge in [0.15, 0.2) is 0 Å². The molecule has 1 fully saturated rings. The van der Waals surface area contributed by atoms with Gasteiger partial charge in [-0.2, -0.15) is 8.42 Å². The molecule has 31 heavy (non-hydrogen) atoms. The first-order valence-electron chi connectivity index (χ1n) is 10.2. The number of para-hydroxylation sites is 2. The van der Waals surface area contributed by atoms with Crippen LogP contribution >= 0.6 is 0 Å². The minimum atomic E-state index is -3.65. The lowest BCUT2D eigenvalue weighted by molar-refractivity contribution is -0.126. The van der Waals surface area contributed by atoms with Gasteiger partial charge in [0.05, 0.1) is 23.8 Å². The van der Waals surface area contributed by atoms with Gasteiger partial charge in [0.25, 0.3) is 0 Å². The standard InChI is InChI=1S/C22H26N4O4S/c1-15-8-9-18(12-16(15)2)25-14-17(13-21(25)27)22(28)23-10-11-26-20-7-5-4-6-19(20)24(3)31(26,29)30/h4-9,12,17H,10-11,13-14H2,1-3H3,(H,23,28)/t17-/m1/s1. The zero-order valence-corrected chi connectivity index (χ0v) is 18.6. The fraction of sp³-hybridized carbons (Fsp3) is 0.364. The van der Waals surface area contributed by atoms with Gasteiger partial charge in [-0.25, -0.2) is 4.31 Å². The van der Waals surface area contributed by atoms with Gasteiger partial charge < -0.3 is 10.2 Å². The van der Waals surface area contributed by atoms with Crippen molar-refractivity contribution >= 4 is 39.1 Å². The number of carbonyl (C=O) groups excluding carboxylic acids is 2. The lowest BCUT2D eigenvalue weighted by Crippen LogP contribution is -2.42. The highest BCUT2D eigenvalue weighted by atomic mass is 32.2. The van der Waals surface area contributed by atoms with Crippen LogP contribution in [0.15, 0.2) is 42.5 Å². The molecule has 0 saturated carbocycles. The van der Waals surface area contributed by atoms with Crippen LogP contribution in [0.5, 0.6) is 0 Å². The first kappa shape index (κ1) is 21.2. The second kappa shape index (κ2) is 7.88. The van der Waals surface area contributed by atoms with E-state index in [0.29, 0.717) is 17.9 Å². The van der Waals surface area contributed by atoms with Crippen LogP contribution in [0.4, 0.5) is 17.1 Å². The second-order valence-corrected chi connectivity index (χ2v) is 9.89. The Balaban J connectivity index is 1.38. The van der Waals surface area contributed by atoms with Crippen LogP contribution in [0.3, 0.4) is 0 Å². The molecule has 0 aromatic heterocycles. The number of aryl methyl sites for hydroxylation is 2. The number of nitrogens with one attached hydrogen (secondary N) is 1. The molecule has 1 atom stereocenters. The molecule has 2 aromatic carbocycles. The van der Waals surface area contributed by atoms with Crippen molar-refractivity contribution < 1.29 is 18.0 Å². The fourth-order valence-electron chi connectivity index (χ4n) is 4.02. The first-order valence-corrected chi connectivity index (χ1v) is 11.6. The van der Waals surface area contributed by atoms with Crippen molar-refractivity contribution in [2.75, 3.05) is 40.2 Å². The Hall–Kier alpha value is -3.07. The summed E-state index contributed by atoms with van der Waals surface area (Å²) in [7, 11) is -2.14. The zero-order chi connectivity index (χ0) is 22.3. The summed E-state index contributed by atoms with van der Waals surface area (Å²) in [6.07, 6.45) is 0.145. The Morgan fingerprint density at radius 2 is 1.81 bits per heavy atom. The van der Waals surface area contributed by atoms with Crippen molar-refractivity contribution in [3.63, 3.8) is 0 Å². The zero-order valence-electron chi connectivity index (χ0n) is 17.8. The van der Waals surface area contributed by atoms with Gasteiger partial charge in [-0.05, 0) is 49.2 Å². The van der Waals surface area contributed by atoms with Gasteiger partial charge in [-0.15, -0.1) is 0 Å². The van der Waals surface area contributed by atoms with Crippen molar-refractivity contribution in [1.82, 2.24) is 5.32 Å². The Labute approximate surface area is 182 Å². The number of fused-ring (bicyclic) bond motifs is 1. The van der Waals surface area contributed by atoms with Gasteiger partial charge in [0.2, 0.25) is 11.8 Å². The van der Waals surface area contributed by atoms with E-state index in [2.05, 4.69) is 5.32 Å². The normalized spacial score (nSPS) is 19.6. The van der Waals surface area contributed by atoms with E-state index in [0.717, 1.165) is 16.8 Å². The highest BCUT2D eigenvalue weighted by Gasteiger charge is 2.38. The molecule has 1 N–H and O–H groups in total. The van der Waals surface area contributed by atoms with Crippen LogP contribution in [-0.4, -0.2) is 46.9 Å². The third kappa shape index (κ3) is 3.74. The van der Waals surface area contributed by atoms with Gasteiger partial charge >= 0.3 is 10.2 Å². The third-order valence-corrected chi connectivity index (χ3v) is 7.85. The van der Waals surface area contributed by atoms with E-state index >= 15 is 0 Å². The monoisotopic (exact) mass is 442 g/mol. The average Bonchev–Trinajstić information content (AvgIpc) is 3.21. The predicted octanol–water partition coefficient (Wildman–Crippen LogP) is 1.97. The maximum atomic E-state index is 12.7. The predicted molar refractivity (Wildman–Crippen MR) is 120 cm³/mol. The number of nitrogens with zero attached hydrogens (tertiary/aromatic N) is 3. The van der Waals surface area contributed by atoms with Gasteiger partial charge in [-0.3, -0.25) is 13.9 Å². The number of carbonyl (C=O) groups is 2. The molecular formula is C22H26N4O4S. The van der Waals surface area contributed by atoms with E-state index in [1.165, 1.54) is 15.7 Å². The number of anilines is 3. The molecule has 2 amide bonds. The number of hydrogen-bond donors (Lipinski definition) is 1. The smallest absolute Gasteiger partial charge is 0.326 e. The Morgan fingerprint density at radius 1 is 1.10 bits per heavy atom. The van der Waals surface area contributed by atoms with Gasteiger partial charge in [-0.1, -0.05) is 18.2 Å². The third-order valence-electron chi connectivity index (χ3n) is 6.03. The minimum Gasteiger partial charge on any atom is -0.354 e. The van der Waals surface area contributed by atoms with E-state index in [9.17, 15) is 18.0 Å². The van der Waals surface area contributed by atoms with Crippen molar-refractivity contribution in [3.05, 3.63) is 53.6 Å². The lowest BCUT2D eigenvalue weighted by Gasteiger charge is -2.20. The molecule has 2 heterocycles. The fourth-order valence-corrected chi connectivity index (χ4v) is 5.45. The van der Waals surface area contributed by atoms with Gasteiger partial charge in [0.1, 0.15) is 0 Å². The van der Waals surface area contributed by atoms with Crippen molar-refractivity contribution in [3.8, 4) is 0 Å². The largest absolute Gasteiger partial charge is 0.354 e. The molecule has 1 saturated heterocycles. The van der Waals surface area contributed by atoms with Crippen LogP contribution in [0.1, 0.15) is 17.5 Å². The van der Waals surface area contributed by atoms with Crippen molar-refractivity contribution in [1.29, 1.82) is 0 Å². The summed E-state index contributed by atoms with van der Waals surface area (Å²) >= 11 is 0. The summed E-state index contributed by atoms with van der Waals surface area (Å²) in [5.41, 5.74) is 4.24. The maximum Gasteiger partial charge on any atom is 0.326 e. The molecule has 0 unspecified atom stereocenters. The molecule has 9 heteroatoms. The molecule has 164 valence electrons. The van der Waals surface area contributed by atoms with Crippen molar-refractivity contribution in [2.45, 2.75) is 20.3 Å². The number of rotatable bonds is 5. The molecule has 8 nitrogen and oxygen atoms in total. The quantitative estimate of drug-likeness (QED) is 0.767. The molecule has 4 rings (SSSR count). The van der Waals surface area contributed by atoms with Crippen LogP contribution in [0, 0.1) is 19.8 Å². The van der Waals surface area contributed by atoms with Gasteiger partial charge in [0, 0.05) is 32.2 Å². The van der Waals surface area contributed by atoms with E-state index in [1.807, 2.05) is 32.0 Å². The second-order valence-electron chi connectivity index (χ2n) is 8.00. The molecular weight excluding hydrogens is 416 g/mol. The summed E-state index contributed by atoms with van der Waals surface area (Å²) in [5, 5.41) is 2.81. The first-order chi connectivity index (χ1) is 14.7. The Bertz CT molecular complexity index is 1150. The molecule has 2 aliphatic rings. The lowest BCUT2D eigenvalue weighted by atomic mass is 10.1. The summed E-state index contributed by atoms with van der Waals surface area (Å²) in [6, 6.07) is 12.9. The van der Waals surface area contributed by atoms with Crippen LogP contribution in [-0.2, 0) is 19.8 Å². The topological polar surface area (TPSA) is 90.0 Å². The highest BCUT2D eigenvalue weighted by molar-refractivity contribution is 7.94. The molecule has 2 aliphatic heterocycles. The van der Waals surface area contributed by atoms with E-state index in [4.69, 9.17) is 0 Å². The summed E-state index contributed by atoms with van der Waals surface area (Å²) in [4.78, 5) is 26.8. The van der Waals surface area contributed by atoms with Crippen molar-refractivity contribution in [2.24, 2.45) is 5.92 Å². The van der Waals surface area contributed by atoms with Crippen LogP contribution in [0.25, 0.3) is 0 Å². The molecule has 0 bridgehead atoms. The molecule has 2 aromatic rings. The van der Waals surface area contributed by atoms with E-state index < -0.39 is 16.1 Å². The van der Waals surface area contributed by atoms with Crippen LogP contribution in [0.2, 0.25) is 0 Å². The van der Waals surface area contributed by atoms with Crippen LogP contribution < -0.4 is 18.8 Å². The summed E-state index contributed by atoms with van der Waals surface area (Å²) < 4.78 is 27.9. The minimum absolute atomic E-state index is 0.0823. The van der Waals surface area contributed by atoms with E-state index in [-0.39, 0.29) is 31.3 Å². The SMILES string of the molecule is Cc1ccc(N2C[C@H](C(=O)NCCN3c4ccccc4N(C)S3(=O)=O)CC2=O)cc1C. The maximum absolute atomic E-state index is 12.7. The molecule has 0 radical (unpaired) electrons. The summed E-state index contributed by atoms with van der Waals surface area (Å²) in [5.74, 6) is -0.779. The molecule has 0 aliphatic carbocycles. The van der Waals surface area contributed by atoms with E-state index in [1.54, 1.807) is 29.2 Å². The molecule has 0 spiro atoms. The highest BCUT2D eigenvalue weighted by Crippen LogP contribution is 2.39.